The number of nitrogens with one attached hydrogen (secondary N) is 2. The van der Waals surface area contributed by atoms with Gasteiger partial charge in [-0.15, -0.1) is 6.58 Å². The summed E-state index contributed by atoms with van der Waals surface area (Å²) in [5, 5.41) is 26.1. The van der Waals surface area contributed by atoms with Crippen molar-refractivity contribution in [3.63, 3.8) is 0 Å². The Morgan fingerprint density at radius 1 is 1.28 bits per heavy atom. The van der Waals surface area contributed by atoms with E-state index in [-0.39, 0.29) is 11.8 Å². The van der Waals surface area contributed by atoms with Crippen LogP contribution < -0.4 is 10.6 Å². The number of amides is 2. The monoisotopic (exact) mass is 386 g/mol. The van der Waals surface area contributed by atoms with Crippen LogP contribution in [0.15, 0.2) is 55.1 Å². The first kappa shape index (κ1) is 18.6. The minimum Gasteiger partial charge on any atom is -0.508 e. The van der Waals surface area contributed by atoms with Crippen molar-refractivity contribution in [2.45, 2.75) is 19.4 Å². The quantitative estimate of drug-likeness (QED) is 0.541. The van der Waals surface area contributed by atoms with E-state index in [4.69, 9.17) is 0 Å². The van der Waals surface area contributed by atoms with E-state index in [1.807, 2.05) is 24.3 Å². The predicted molar refractivity (Wildman–Crippen MR) is 114 cm³/mol. The van der Waals surface area contributed by atoms with Crippen molar-refractivity contribution in [1.29, 1.82) is 5.26 Å². The number of benzene rings is 2. The molecule has 1 fully saturated rings. The van der Waals surface area contributed by atoms with Crippen molar-refractivity contribution in [3.8, 4) is 23.1 Å². The van der Waals surface area contributed by atoms with Crippen molar-refractivity contribution < 1.29 is 9.90 Å². The molecule has 0 atom stereocenters. The number of urea groups is 1. The molecule has 0 unspecified atom stereocenters. The summed E-state index contributed by atoms with van der Waals surface area (Å²) in [5.74, 6) is 0.793. The van der Waals surface area contributed by atoms with Crippen LogP contribution in [0.4, 0.5) is 10.5 Å². The molecule has 0 aliphatic heterocycles. The summed E-state index contributed by atoms with van der Waals surface area (Å²) in [7, 11) is 0. The molecule has 0 bridgehead atoms. The molecular formula is C23H22N4O2. The van der Waals surface area contributed by atoms with Gasteiger partial charge in [0.1, 0.15) is 11.8 Å². The van der Waals surface area contributed by atoms with Gasteiger partial charge in [0.2, 0.25) is 0 Å². The number of aromatic hydroxyl groups is 1. The van der Waals surface area contributed by atoms with Gasteiger partial charge in [0.25, 0.3) is 0 Å². The van der Waals surface area contributed by atoms with Crippen molar-refractivity contribution in [2.75, 3.05) is 11.9 Å². The highest BCUT2D eigenvalue weighted by molar-refractivity contribution is 5.95. The zero-order chi connectivity index (χ0) is 20.4. The van der Waals surface area contributed by atoms with Gasteiger partial charge < -0.3 is 20.3 Å². The van der Waals surface area contributed by atoms with Crippen LogP contribution in [0.25, 0.3) is 22.2 Å². The van der Waals surface area contributed by atoms with Gasteiger partial charge in [0.05, 0.1) is 16.8 Å². The number of nitrogens with zero attached hydrogens (tertiary/aromatic N) is 2. The van der Waals surface area contributed by atoms with Crippen LogP contribution in [-0.4, -0.2) is 22.2 Å². The van der Waals surface area contributed by atoms with Crippen molar-refractivity contribution in [2.24, 2.45) is 5.92 Å². The van der Waals surface area contributed by atoms with Gasteiger partial charge >= 0.3 is 6.03 Å². The number of anilines is 1. The number of rotatable bonds is 6. The Labute approximate surface area is 169 Å². The molecule has 0 saturated heterocycles. The maximum absolute atomic E-state index is 11.8. The molecule has 6 heteroatoms. The highest BCUT2D eigenvalue weighted by Gasteiger charge is 2.26. The lowest BCUT2D eigenvalue weighted by Crippen LogP contribution is -2.28. The Kier molecular flexibility index (Phi) is 4.96. The number of fused-ring (bicyclic) bond motifs is 1. The number of carbonyl (C=O) groups is 1. The lowest BCUT2D eigenvalue weighted by Gasteiger charge is -2.12. The zero-order valence-corrected chi connectivity index (χ0v) is 16.0. The van der Waals surface area contributed by atoms with E-state index in [1.54, 1.807) is 24.3 Å². The van der Waals surface area contributed by atoms with E-state index in [0.717, 1.165) is 28.7 Å². The summed E-state index contributed by atoms with van der Waals surface area (Å²) < 4.78 is 2.14. The van der Waals surface area contributed by atoms with E-state index in [1.165, 1.54) is 12.8 Å². The van der Waals surface area contributed by atoms with E-state index in [2.05, 4.69) is 27.8 Å². The van der Waals surface area contributed by atoms with Crippen molar-refractivity contribution in [1.82, 2.24) is 9.88 Å². The second-order valence-electron chi connectivity index (χ2n) is 7.29. The van der Waals surface area contributed by atoms with Gasteiger partial charge in [-0.2, -0.15) is 5.26 Å². The molecule has 1 heterocycles. The smallest absolute Gasteiger partial charge is 0.319 e. The highest BCUT2D eigenvalue weighted by atomic mass is 16.3. The van der Waals surface area contributed by atoms with E-state index >= 15 is 0 Å². The van der Waals surface area contributed by atoms with Gasteiger partial charge in [-0.25, -0.2) is 4.79 Å². The standard InChI is InChI=1S/C23H22N4O2/c1-2-11-25-23(29)26-17-7-5-16(6-8-17)22-20(13-24)19-10-9-18(28)12-21(19)27(22)14-15-3-4-15/h2,5-10,12,15,28H,1,3-4,11,14H2,(H2,25,26,29). The van der Waals surface area contributed by atoms with Crippen LogP contribution in [0.1, 0.15) is 18.4 Å². The molecule has 1 aromatic heterocycles. The Hall–Kier alpha value is -3.72. The van der Waals surface area contributed by atoms with Gasteiger partial charge in [-0.1, -0.05) is 18.2 Å². The van der Waals surface area contributed by atoms with Gasteiger partial charge in [0, 0.05) is 30.2 Å². The van der Waals surface area contributed by atoms with Crippen LogP contribution >= 0.6 is 0 Å². The number of hydrogen-bond acceptors (Lipinski definition) is 3. The first-order valence-electron chi connectivity index (χ1n) is 9.62. The van der Waals surface area contributed by atoms with Gasteiger partial charge in [0.15, 0.2) is 0 Å². The van der Waals surface area contributed by atoms with Gasteiger partial charge in [-0.3, -0.25) is 0 Å². The first-order valence-corrected chi connectivity index (χ1v) is 9.62. The summed E-state index contributed by atoms with van der Waals surface area (Å²) in [5.41, 5.74) is 3.88. The third kappa shape index (κ3) is 3.81. The SMILES string of the molecule is C=CCNC(=O)Nc1ccc(-c2c(C#N)c3ccc(O)cc3n2CC2CC2)cc1. The largest absolute Gasteiger partial charge is 0.508 e. The molecule has 0 spiro atoms. The summed E-state index contributed by atoms with van der Waals surface area (Å²) >= 11 is 0. The fourth-order valence-electron chi connectivity index (χ4n) is 3.55. The molecule has 3 aromatic rings. The average Bonchev–Trinajstić information content (AvgIpc) is 3.49. The fraction of sp³-hybridized carbons (Fsp3) is 0.217. The van der Waals surface area contributed by atoms with Gasteiger partial charge in [-0.05, 0) is 48.6 Å². The molecule has 1 aliphatic carbocycles. The molecular weight excluding hydrogens is 364 g/mol. The third-order valence-corrected chi connectivity index (χ3v) is 5.12. The van der Waals surface area contributed by atoms with Crippen LogP contribution in [-0.2, 0) is 6.54 Å². The van der Waals surface area contributed by atoms with Crippen LogP contribution in [0.3, 0.4) is 0 Å². The molecule has 4 rings (SSSR count). The second-order valence-corrected chi connectivity index (χ2v) is 7.29. The minimum absolute atomic E-state index is 0.188. The molecule has 1 aliphatic rings. The molecule has 0 radical (unpaired) electrons. The third-order valence-electron chi connectivity index (χ3n) is 5.12. The topological polar surface area (TPSA) is 90.1 Å². The number of nitriles is 1. The highest BCUT2D eigenvalue weighted by Crippen LogP contribution is 2.39. The molecule has 2 aromatic carbocycles. The first-order chi connectivity index (χ1) is 14.1. The van der Waals surface area contributed by atoms with Crippen LogP contribution in [0.5, 0.6) is 5.75 Å². The van der Waals surface area contributed by atoms with E-state index in [9.17, 15) is 15.2 Å². The van der Waals surface area contributed by atoms with Crippen LogP contribution in [0, 0.1) is 17.2 Å². The molecule has 146 valence electrons. The maximum atomic E-state index is 11.8. The lowest BCUT2D eigenvalue weighted by atomic mass is 10.1. The van der Waals surface area contributed by atoms with E-state index in [0.29, 0.717) is 23.7 Å². The molecule has 6 nitrogen and oxygen atoms in total. The Bertz CT molecular complexity index is 1120. The van der Waals surface area contributed by atoms with Crippen molar-refractivity contribution in [3.05, 3.63) is 60.7 Å². The normalized spacial score (nSPS) is 13.1. The average molecular weight is 386 g/mol. The molecule has 1 saturated carbocycles. The summed E-state index contributed by atoms with van der Waals surface area (Å²) in [4.78, 5) is 11.8. The second kappa shape index (κ2) is 7.72. The Morgan fingerprint density at radius 2 is 2.03 bits per heavy atom. The Morgan fingerprint density at radius 3 is 2.69 bits per heavy atom. The minimum atomic E-state index is -0.298. The number of aromatic nitrogens is 1. The predicted octanol–water partition coefficient (Wildman–Crippen LogP) is 4.60. The number of phenolic OH excluding ortho intramolecular Hbond substituents is 1. The fourth-order valence-corrected chi connectivity index (χ4v) is 3.55. The Balaban J connectivity index is 1.73. The van der Waals surface area contributed by atoms with E-state index < -0.39 is 0 Å². The molecule has 2 amide bonds. The summed E-state index contributed by atoms with van der Waals surface area (Å²) in [6.45, 7) is 4.78. The number of phenols is 1. The summed E-state index contributed by atoms with van der Waals surface area (Å²) in [6.07, 6.45) is 3.98. The van der Waals surface area contributed by atoms with Crippen LogP contribution in [0.2, 0.25) is 0 Å². The number of hydrogen-bond donors (Lipinski definition) is 3. The molecule has 3 N–H and O–H groups in total. The zero-order valence-electron chi connectivity index (χ0n) is 16.0. The maximum Gasteiger partial charge on any atom is 0.319 e. The van der Waals surface area contributed by atoms with Crippen molar-refractivity contribution >= 4 is 22.6 Å². The number of carbonyl (C=O) groups excluding carboxylic acids is 1. The molecule has 29 heavy (non-hydrogen) atoms. The summed E-state index contributed by atoms with van der Waals surface area (Å²) in [6, 6.07) is 14.6. The lowest BCUT2D eigenvalue weighted by molar-refractivity contribution is 0.253.